The van der Waals surface area contributed by atoms with Gasteiger partial charge in [0.2, 0.25) is 0 Å². The normalized spacial score (nSPS) is 21.2. The first-order valence-electron chi connectivity index (χ1n) is 7.21. The van der Waals surface area contributed by atoms with Crippen molar-refractivity contribution in [1.82, 2.24) is 19.9 Å². The van der Waals surface area contributed by atoms with Gasteiger partial charge in [-0.15, -0.1) is 24.8 Å². The van der Waals surface area contributed by atoms with Gasteiger partial charge in [-0.25, -0.2) is 9.97 Å². The van der Waals surface area contributed by atoms with Crippen molar-refractivity contribution < 1.29 is 5.11 Å². The summed E-state index contributed by atoms with van der Waals surface area (Å²) < 4.78 is 2.99. The number of nitrogens with one attached hydrogen (secondary N) is 1. The smallest absolute Gasteiger partial charge is 0.160 e. The molecule has 0 spiro atoms. The summed E-state index contributed by atoms with van der Waals surface area (Å²) in [6.07, 6.45) is 9.35. The van der Waals surface area contributed by atoms with Crippen LogP contribution in [-0.2, 0) is 6.54 Å². The Morgan fingerprint density at radius 3 is 2.96 bits per heavy atom. The number of rotatable bonds is 3. The monoisotopic (exact) mass is 422 g/mol. The number of aromatic nitrogens is 3. The van der Waals surface area contributed by atoms with Crippen LogP contribution in [0.4, 0.5) is 0 Å². The maximum atomic E-state index is 9.91. The fourth-order valence-electron chi connectivity index (χ4n) is 2.65. The van der Waals surface area contributed by atoms with Gasteiger partial charge in [-0.1, -0.05) is 12.2 Å². The molecule has 23 heavy (non-hydrogen) atoms. The molecule has 0 bridgehead atoms. The second-order valence-electron chi connectivity index (χ2n) is 5.42. The maximum Gasteiger partial charge on any atom is 0.160 e. The Hall–Kier alpha value is -0.660. The first-order valence-corrected chi connectivity index (χ1v) is 8.00. The van der Waals surface area contributed by atoms with E-state index in [1.807, 2.05) is 30.1 Å². The Morgan fingerprint density at radius 2 is 2.22 bits per heavy atom. The lowest BCUT2D eigenvalue weighted by Crippen LogP contribution is -2.43. The molecule has 2 aromatic rings. The van der Waals surface area contributed by atoms with Gasteiger partial charge in [-0.3, -0.25) is 0 Å². The minimum Gasteiger partial charge on any atom is -0.391 e. The number of piperidine rings is 1. The zero-order valence-electron chi connectivity index (χ0n) is 12.8. The molecule has 0 unspecified atom stereocenters. The van der Waals surface area contributed by atoms with Gasteiger partial charge in [0.1, 0.15) is 5.52 Å². The van der Waals surface area contributed by atoms with Crippen LogP contribution in [0, 0.1) is 6.92 Å². The van der Waals surface area contributed by atoms with Crippen molar-refractivity contribution in [2.75, 3.05) is 6.54 Å². The summed E-state index contributed by atoms with van der Waals surface area (Å²) in [5.41, 5.74) is 2.92. The predicted octanol–water partition coefficient (Wildman–Crippen LogP) is 3.01. The molecule has 128 valence electrons. The molecule has 0 saturated carbocycles. The van der Waals surface area contributed by atoms with Crippen molar-refractivity contribution >= 4 is 51.9 Å². The van der Waals surface area contributed by atoms with Gasteiger partial charge in [0.15, 0.2) is 5.65 Å². The van der Waals surface area contributed by atoms with Crippen LogP contribution in [0.15, 0.2) is 29.1 Å². The van der Waals surface area contributed by atoms with Crippen LogP contribution in [0.5, 0.6) is 0 Å². The molecule has 5 nitrogen and oxygen atoms in total. The van der Waals surface area contributed by atoms with E-state index in [1.54, 1.807) is 0 Å². The standard InChI is InChI=1S/C15H19BrN4O.2ClH/c1-10-11(16)8-18-15-14(10)19-9-20(15)7-3-4-12-13(21)5-2-6-17-12;;/h3-4,8-9,12-13,17,21H,2,5-7H2,1H3;2*1H/b4-3+;;/t12-,13+;;/m1../s1. The molecule has 2 atom stereocenters. The minimum absolute atomic E-state index is 0. The summed E-state index contributed by atoms with van der Waals surface area (Å²) in [7, 11) is 0. The average Bonchev–Trinajstić information content (AvgIpc) is 2.89. The van der Waals surface area contributed by atoms with Crippen molar-refractivity contribution in [2.45, 2.75) is 38.5 Å². The molecule has 1 aliphatic rings. The largest absolute Gasteiger partial charge is 0.391 e. The van der Waals surface area contributed by atoms with Crippen molar-refractivity contribution in [2.24, 2.45) is 0 Å². The zero-order valence-corrected chi connectivity index (χ0v) is 16.0. The quantitative estimate of drug-likeness (QED) is 0.744. The Kier molecular flexibility index (Phi) is 7.97. The van der Waals surface area contributed by atoms with Crippen LogP contribution in [0.1, 0.15) is 18.4 Å². The fourth-order valence-corrected chi connectivity index (χ4v) is 2.94. The van der Waals surface area contributed by atoms with Gasteiger partial charge >= 0.3 is 0 Å². The number of pyridine rings is 1. The van der Waals surface area contributed by atoms with Crippen LogP contribution in [-0.4, -0.2) is 38.3 Å². The highest BCUT2D eigenvalue weighted by atomic mass is 79.9. The molecule has 1 aliphatic heterocycles. The molecule has 0 radical (unpaired) electrons. The third-order valence-corrected chi connectivity index (χ3v) is 4.74. The Labute approximate surface area is 156 Å². The van der Waals surface area contributed by atoms with Gasteiger partial charge in [0.25, 0.3) is 0 Å². The third-order valence-electron chi connectivity index (χ3n) is 3.94. The molecular weight excluding hydrogens is 403 g/mol. The highest BCUT2D eigenvalue weighted by Crippen LogP contribution is 2.22. The molecule has 1 fully saturated rings. The van der Waals surface area contributed by atoms with E-state index in [9.17, 15) is 5.11 Å². The number of halogens is 3. The molecule has 0 aromatic carbocycles. The Balaban J connectivity index is 0.00000132. The van der Waals surface area contributed by atoms with E-state index in [0.717, 1.165) is 40.6 Å². The topological polar surface area (TPSA) is 63.0 Å². The molecular formula is C15H21BrCl2N4O. The van der Waals surface area contributed by atoms with E-state index in [1.165, 1.54) is 0 Å². The first kappa shape index (κ1) is 20.4. The number of aryl methyl sites for hydroxylation is 1. The number of nitrogens with zero attached hydrogens (tertiary/aromatic N) is 3. The van der Waals surface area contributed by atoms with E-state index in [4.69, 9.17) is 0 Å². The summed E-state index contributed by atoms with van der Waals surface area (Å²) in [6.45, 7) is 3.70. The second-order valence-corrected chi connectivity index (χ2v) is 6.27. The summed E-state index contributed by atoms with van der Waals surface area (Å²) in [5.74, 6) is 0. The van der Waals surface area contributed by atoms with E-state index >= 15 is 0 Å². The molecule has 1 saturated heterocycles. The lowest BCUT2D eigenvalue weighted by molar-refractivity contribution is 0.115. The zero-order chi connectivity index (χ0) is 14.8. The minimum atomic E-state index is -0.286. The molecule has 3 rings (SSSR count). The summed E-state index contributed by atoms with van der Waals surface area (Å²) >= 11 is 3.48. The predicted molar refractivity (Wildman–Crippen MR) is 101 cm³/mol. The van der Waals surface area contributed by atoms with Crippen molar-refractivity contribution in [1.29, 1.82) is 0 Å². The highest BCUT2D eigenvalue weighted by Gasteiger charge is 2.19. The maximum absolute atomic E-state index is 9.91. The van der Waals surface area contributed by atoms with Gasteiger partial charge < -0.3 is 15.0 Å². The lowest BCUT2D eigenvalue weighted by atomic mass is 10.0. The summed E-state index contributed by atoms with van der Waals surface area (Å²) in [4.78, 5) is 8.87. The molecule has 8 heteroatoms. The number of aliphatic hydroxyl groups excluding tert-OH is 1. The molecule has 3 heterocycles. The Morgan fingerprint density at radius 1 is 1.43 bits per heavy atom. The van der Waals surface area contributed by atoms with Crippen molar-refractivity contribution in [3.8, 4) is 0 Å². The Bertz CT molecular complexity index is 677. The highest BCUT2D eigenvalue weighted by molar-refractivity contribution is 9.10. The summed E-state index contributed by atoms with van der Waals surface area (Å²) in [5, 5.41) is 13.2. The van der Waals surface area contributed by atoms with Crippen LogP contribution in [0.2, 0.25) is 0 Å². The van der Waals surface area contributed by atoms with Crippen molar-refractivity contribution in [3.63, 3.8) is 0 Å². The molecule has 2 N–H and O–H groups in total. The van der Waals surface area contributed by atoms with Gasteiger partial charge in [0.05, 0.1) is 18.5 Å². The number of hydrogen-bond donors (Lipinski definition) is 2. The van der Waals surface area contributed by atoms with E-state index < -0.39 is 0 Å². The number of fused-ring (bicyclic) bond motifs is 1. The molecule has 2 aromatic heterocycles. The lowest BCUT2D eigenvalue weighted by Gasteiger charge is -2.26. The number of aliphatic hydroxyl groups is 1. The molecule has 0 aliphatic carbocycles. The van der Waals surface area contributed by atoms with E-state index in [2.05, 4.69) is 37.3 Å². The second kappa shape index (κ2) is 8.99. The fraction of sp³-hybridized carbons (Fsp3) is 0.467. The number of allylic oxidation sites excluding steroid dienone is 1. The number of imidazole rings is 1. The van der Waals surface area contributed by atoms with E-state index in [0.29, 0.717) is 6.54 Å². The van der Waals surface area contributed by atoms with Gasteiger partial charge in [-0.2, -0.15) is 0 Å². The summed E-state index contributed by atoms with van der Waals surface area (Å²) in [6, 6.07) is 0.0531. The van der Waals surface area contributed by atoms with Gasteiger partial charge in [-0.05, 0) is 47.8 Å². The van der Waals surface area contributed by atoms with Crippen LogP contribution in [0.3, 0.4) is 0 Å². The van der Waals surface area contributed by atoms with Gasteiger partial charge in [0, 0.05) is 17.2 Å². The average molecular weight is 424 g/mol. The van der Waals surface area contributed by atoms with Crippen LogP contribution >= 0.6 is 40.7 Å². The van der Waals surface area contributed by atoms with Crippen molar-refractivity contribution in [3.05, 3.63) is 34.7 Å². The first-order chi connectivity index (χ1) is 10.2. The number of hydrogen-bond acceptors (Lipinski definition) is 4. The van der Waals surface area contributed by atoms with Crippen LogP contribution in [0.25, 0.3) is 11.2 Å². The SMILES string of the molecule is Cc1c(Br)cnc2c1ncn2C/C=C/[C@H]1NCCC[C@@H]1O.Cl.Cl. The van der Waals surface area contributed by atoms with Crippen LogP contribution < -0.4 is 5.32 Å². The van der Waals surface area contributed by atoms with E-state index in [-0.39, 0.29) is 37.0 Å². The third kappa shape index (κ3) is 4.45. The molecule has 0 amide bonds.